The summed E-state index contributed by atoms with van der Waals surface area (Å²) in [6, 6.07) is 8.41. The standard InChI is InChI=1S/C21H28N5O7P/c1-14-11-26(20(28)23-19(14)27)18-10-16(24-25-22)17(32-18)13-31-34(29,33-21(2,3)4)30-12-15-8-6-5-7-9-15/h5-9,11,16-18H,10,12-13H2,1-4H3,(H,23,27,28)/t16-,17+,18+,34?/m0/s1. The molecule has 0 bridgehead atoms. The second-order valence-corrected chi connectivity index (χ2v) is 10.4. The molecule has 184 valence electrons. The van der Waals surface area contributed by atoms with Crippen LogP contribution in [0, 0.1) is 6.92 Å². The number of H-pyrrole nitrogens is 1. The first kappa shape index (κ1) is 25.9. The van der Waals surface area contributed by atoms with Gasteiger partial charge in [-0.05, 0) is 38.8 Å². The molecule has 1 aliphatic rings. The van der Waals surface area contributed by atoms with E-state index in [9.17, 15) is 14.2 Å². The van der Waals surface area contributed by atoms with E-state index in [1.807, 2.05) is 30.3 Å². The van der Waals surface area contributed by atoms with Crippen molar-refractivity contribution < 1.29 is 22.9 Å². The van der Waals surface area contributed by atoms with Crippen LogP contribution in [-0.2, 0) is 29.5 Å². The maximum Gasteiger partial charge on any atom is 0.475 e. The van der Waals surface area contributed by atoms with Crippen molar-refractivity contribution in [3.63, 3.8) is 0 Å². The number of ether oxygens (including phenoxy) is 1. The molecule has 1 unspecified atom stereocenters. The van der Waals surface area contributed by atoms with Crippen molar-refractivity contribution in [1.29, 1.82) is 0 Å². The highest BCUT2D eigenvalue weighted by molar-refractivity contribution is 7.48. The molecule has 2 aromatic rings. The predicted molar refractivity (Wildman–Crippen MR) is 123 cm³/mol. The molecule has 1 saturated heterocycles. The number of hydrogen-bond donors (Lipinski definition) is 1. The molecule has 1 aliphatic heterocycles. The Hall–Kier alpha value is -2.72. The number of hydrogen-bond acceptors (Lipinski definition) is 8. The smallest absolute Gasteiger partial charge is 0.352 e. The highest BCUT2D eigenvalue weighted by Crippen LogP contribution is 2.53. The normalized spacial score (nSPS) is 22.2. The van der Waals surface area contributed by atoms with E-state index in [-0.39, 0.29) is 19.6 Å². The fourth-order valence-corrected chi connectivity index (χ4v) is 4.83. The Morgan fingerprint density at radius 1 is 1.26 bits per heavy atom. The summed E-state index contributed by atoms with van der Waals surface area (Å²) in [5.41, 5.74) is 8.07. The first-order chi connectivity index (χ1) is 16.0. The molecule has 1 aromatic heterocycles. The molecule has 1 fully saturated rings. The van der Waals surface area contributed by atoms with Crippen molar-refractivity contribution in [3.8, 4) is 0 Å². The van der Waals surface area contributed by atoms with Crippen LogP contribution >= 0.6 is 7.82 Å². The van der Waals surface area contributed by atoms with E-state index in [0.717, 1.165) is 5.56 Å². The van der Waals surface area contributed by atoms with Gasteiger partial charge in [-0.1, -0.05) is 35.4 Å². The van der Waals surface area contributed by atoms with Crippen molar-refractivity contribution in [2.24, 2.45) is 5.11 Å². The van der Waals surface area contributed by atoms with Gasteiger partial charge in [-0.2, -0.15) is 0 Å². The Kier molecular flexibility index (Phi) is 8.14. The lowest BCUT2D eigenvalue weighted by Crippen LogP contribution is -2.33. The van der Waals surface area contributed by atoms with Gasteiger partial charge in [0.05, 0.1) is 31.0 Å². The molecule has 3 rings (SSSR count). The van der Waals surface area contributed by atoms with Gasteiger partial charge in [-0.3, -0.25) is 27.9 Å². The average Bonchev–Trinajstić information content (AvgIpc) is 3.16. The van der Waals surface area contributed by atoms with E-state index in [0.29, 0.717) is 5.56 Å². The molecule has 2 heterocycles. The zero-order valence-corrected chi connectivity index (χ0v) is 20.3. The number of phosphoric ester groups is 1. The van der Waals surface area contributed by atoms with Crippen LogP contribution in [0.15, 0.2) is 51.2 Å². The van der Waals surface area contributed by atoms with Gasteiger partial charge in [0.15, 0.2) is 0 Å². The van der Waals surface area contributed by atoms with Gasteiger partial charge in [0.2, 0.25) is 0 Å². The molecule has 0 amide bonds. The SMILES string of the molecule is Cc1cn([C@H]2C[C@H](N=[N+]=[N-])[C@@H](COP(=O)(OCc3ccccc3)OC(C)(C)C)O2)c(=O)[nH]c1=O. The minimum Gasteiger partial charge on any atom is -0.352 e. The lowest BCUT2D eigenvalue weighted by molar-refractivity contribution is -0.0368. The van der Waals surface area contributed by atoms with Crippen LogP contribution in [0.3, 0.4) is 0 Å². The third kappa shape index (κ3) is 6.89. The number of azide groups is 1. The Morgan fingerprint density at radius 3 is 2.62 bits per heavy atom. The van der Waals surface area contributed by atoms with Crippen molar-refractivity contribution >= 4 is 7.82 Å². The van der Waals surface area contributed by atoms with E-state index < -0.39 is 43.0 Å². The van der Waals surface area contributed by atoms with Crippen molar-refractivity contribution in [3.05, 3.63) is 78.9 Å². The summed E-state index contributed by atoms with van der Waals surface area (Å²) in [6.07, 6.45) is -0.130. The Balaban J connectivity index is 1.76. The number of phosphoric acid groups is 1. The largest absolute Gasteiger partial charge is 0.475 e. The van der Waals surface area contributed by atoms with Crippen molar-refractivity contribution in [1.82, 2.24) is 9.55 Å². The Morgan fingerprint density at radius 2 is 1.97 bits per heavy atom. The molecular formula is C21H28N5O7P. The molecule has 0 radical (unpaired) electrons. The van der Waals surface area contributed by atoms with Crippen LogP contribution in [0.5, 0.6) is 0 Å². The fourth-order valence-electron chi connectivity index (χ4n) is 3.34. The van der Waals surface area contributed by atoms with Gasteiger partial charge in [-0.15, -0.1) is 0 Å². The number of aryl methyl sites for hydroxylation is 1. The second kappa shape index (κ2) is 10.7. The first-order valence-electron chi connectivity index (χ1n) is 10.7. The lowest BCUT2D eigenvalue weighted by Gasteiger charge is -2.27. The molecule has 13 heteroatoms. The highest BCUT2D eigenvalue weighted by Gasteiger charge is 2.40. The van der Waals surface area contributed by atoms with E-state index >= 15 is 0 Å². The quantitative estimate of drug-likeness (QED) is 0.240. The van der Waals surface area contributed by atoms with E-state index in [2.05, 4.69) is 15.0 Å². The third-order valence-corrected chi connectivity index (χ3v) is 6.56. The van der Waals surface area contributed by atoms with Crippen LogP contribution < -0.4 is 11.2 Å². The van der Waals surface area contributed by atoms with Gasteiger partial charge in [0.1, 0.15) is 6.23 Å². The minimum absolute atomic E-state index is 0.00578. The van der Waals surface area contributed by atoms with Crippen LogP contribution in [-0.4, -0.2) is 33.9 Å². The zero-order chi connectivity index (χ0) is 24.9. The average molecular weight is 493 g/mol. The van der Waals surface area contributed by atoms with Crippen molar-refractivity contribution in [2.75, 3.05) is 6.61 Å². The van der Waals surface area contributed by atoms with E-state index in [1.54, 1.807) is 27.7 Å². The molecule has 0 spiro atoms. The molecule has 34 heavy (non-hydrogen) atoms. The Labute approximate surface area is 196 Å². The number of aromatic nitrogens is 2. The maximum atomic E-state index is 13.4. The van der Waals surface area contributed by atoms with Gasteiger partial charge in [0, 0.05) is 23.1 Å². The fraction of sp³-hybridized carbons (Fsp3) is 0.524. The summed E-state index contributed by atoms with van der Waals surface area (Å²) in [7, 11) is -4.05. The molecule has 0 saturated carbocycles. The molecule has 0 aliphatic carbocycles. The monoisotopic (exact) mass is 493 g/mol. The summed E-state index contributed by atoms with van der Waals surface area (Å²) in [5, 5.41) is 3.74. The maximum absolute atomic E-state index is 13.4. The predicted octanol–water partition coefficient (Wildman–Crippen LogP) is 3.97. The van der Waals surface area contributed by atoms with Crippen LogP contribution in [0.4, 0.5) is 0 Å². The van der Waals surface area contributed by atoms with Gasteiger partial charge < -0.3 is 4.74 Å². The molecule has 12 nitrogen and oxygen atoms in total. The number of nitrogens with zero attached hydrogens (tertiary/aromatic N) is 4. The summed E-state index contributed by atoms with van der Waals surface area (Å²) in [6.45, 7) is 6.41. The minimum atomic E-state index is -4.05. The molecular weight excluding hydrogens is 465 g/mol. The second-order valence-electron chi connectivity index (χ2n) is 8.82. The molecule has 4 atom stereocenters. The highest BCUT2D eigenvalue weighted by atomic mass is 31.2. The van der Waals surface area contributed by atoms with Crippen LogP contribution in [0.1, 0.15) is 44.5 Å². The summed E-state index contributed by atoms with van der Waals surface area (Å²) in [5.74, 6) is 0. The van der Waals surface area contributed by atoms with Gasteiger partial charge in [0.25, 0.3) is 5.56 Å². The Bertz CT molecular complexity index is 1200. The number of nitrogens with one attached hydrogen (secondary N) is 1. The van der Waals surface area contributed by atoms with Crippen LogP contribution in [0.25, 0.3) is 10.4 Å². The molecule has 1 N–H and O–H groups in total. The van der Waals surface area contributed by atoms with E-state index in [4.69, 9.17) is 23.8 Å². The van der Waals surface area contributed by atoms with Gasteiger partial charge in [-0.25, -0.2) is 9.36 Å². The third-order valence-electron chi connectivity index (χ3n) is 4.87. The molecule has 1 aromatic carbocycles. The number of rotatable bonds is 9. The summed E-state index contributed by atoms with van der Waals surface area (Å²) >= 11 is 0. The van der Waals surface area contributed by atoms with Crippen molar-refractivity contribution in [2.45, 2.75) is 64.7 Å². The topological polar surface area (TPSA) is 158 Å². The first-order valence-corrected chi connectivity index (χ1v) is 12.1. The zero-order valence-electron chi connectivity index (χ0n) is 19.4. The summed E-state index contributed by atoms with van der Waals surface area (Å²) in [4.78, 5) is 29.0. The summed E-state index contributed by atoms with van der Waals surface area (Å²) < 4.78 is 37.3. The number of aromatic amines is 1. The van der Waals surface area contributed by atoms with Crippen LogP contribution in [0.2, 0.25) is 0 Å². The lowest BCUT2D eigenvalue weighted by atomic mass is 10.1. The number of benzene rings is 1. The van der Waals surface area contributed by atoms with E-state index in [1.165, 1.54) is 10.8 Å². The van der Waals surface area contributed by atoms with Gasteiger partial charge >= 0.3 is 13.5 Å².